The van der Waals surface area contributed by atoms with Crippen LogP contribution in [0, 0.1) is 12.8 Å². The number of carboxylic acid groups (broad SMARTS) is 1. The number of benzene rings is 1. The number of hydrogen-bond donors (Lipinski definition) is 1. The summed E-state index contributed by atoms with van der Waals surface area (Å²) < 4.78 is 16.5. The third kappa shape index (κ3) is 4.31. The maximum atomic E-state index is 11.1. The Morgan fingerprint density at radius 1 is 1.23 bits per heavy atom. The topological polar surface area (TPSA) is 81.8 Å². The first-order valence-corrected chi connectivity index (χ1v) is 9.01. The molecule has 1 N–H and O–H groups in total. The Hall–Kier alpha value is -2.18. The monoisotopic (exact) mass is 359 g/mol. The van der Waals surface area contributed by atoms with Crippen molar-refractivity contribution < 1.29 is 23.8 Å². The molecule has 2 aromatic rings. The number of carboxylic acids is 1. The summed E-state index contributed by atoms with van der Waals surface area (Å²) in [7, 11) is 0. The predicted molar refractivity (Wildman–Crippen MR) is 95.7 cm³/mol. The number of carbonyl (C=O) groups is 1. The molecule has 1 aromatic carbocycles. The van der Waals surface area contributed by atoms with E-state index < -0.39 is 11.8 Å². The number of aryl methyl sites for hydroxylation is 2. The molecule has 140 valence electrons. The van der Waals surface area contributed by atoms with Gasteiger partial charge in [0.05, 0.1) is 18.9 Å². The SMILES string of the molecule is Cc1oc(-c2ccccc2)nc1CCCC[C@H]1CO[C@@](C)(C(=O)O)OC1. The van der Waals surface area contributed by atoms with E-state index in [2.05, 4.69) is 4.98 Å². The van der Waals surface area contributed by atoms with Crippen molar-refractivity contribution in [3.05, 3.63) is 41.8 Å². The van der Waals surface area contributed by atoms with Gasteiger partial charge in [-0.15, -0.1) is 0 Å². The summed E-state index contributed by atoms with van der Waals surface area (Å²) in [6, 6.07) is 9.89. The summed E-state index contributed by atoms with van der Waals surface area (Å²) in [5.41, 5.74) is 1.98. The van der Waals surface area contributed by atoms with Crippen molar-refractivity contribution in [3.8, 4) is 11.5 Å². The fourth-order valence-electron chi connectivity index (χ4n) is 3.02. The third-order valence-corrected chi connectivity index (χ3v) is 4.77. The van der Waals surface area contributed by atoms with E-state index in [1.165, 1.54) is 6.92 Å². The molecule has 0 radical (unpaired) electrons. The van der Waals surface area contributed by atoms with E-state index >= 15 is 0 Å². The molecular formula is C20H25NO5. The smallest absolute Gasteiger partial charge is 0.364 e. The van der Waals surface area contributed by atoms with Crippen LogP contribution >= 0.6 is 0 Å². The van der Waals surface area contributed by atoms with Crippen molar-refractivity contribution in [2.75, 3.05) is 13.2 Å². The van der Waals surface area contributed by atoms with Crippen LogP contribution in [-0.4, -0.2) is 35.1 Å². The van der Waals surface area contributed by atoms with Crippen LogP contribution in [0.15, 0.2) is 34.7 Å². The molecule has 1 fully saturated rings. The van der Waals surface area contributed by atoms with Crippen molar-refractivity contribution in [1.82, 2.24) is 4.98 Å². The van der Waals surface area contributed by atoms with E-state index in [1.807, 2.05) is 37.3 Å². The van der Waals surface area contributed by atoms with Crippen molar-refractivity contribution in [2.24, 2.45) is 5.92 Å². The number of aliphatic carboxylic acids is 1. The molecule has 6 nitrogen and oxygen atoms in total. The summed E-state index contributed by atoms with van der Waals surface area (Å²) in [5.74, 6) is -0.805. The molecule has 0 bridgehead atoms. The molecule has 1 saturated heterocycles. The average molecular weight is 359 g/mol. The fourth-order valence-corrected chi connectivity index (χ4v) is 3.02. The van der Waals surface area contributed by atoms with E-state index in [0.29, 0.717) is 19.1 Å². The molecule has 0 amide bonds. The van der Waals surface area contributed by atoms with Crippen molar-refractivity contribution in [2.45, 2.75) is 45.3 Å². The molecule has 1 aliphatic rings. The summed E-state index contributed by atoms with van der Waals surface area (Å²) in [6.45, 7) is 4.24. The summed E-state index contributed by atoms with van der Waals surface area (Å²) >= 11 is 0. The zero-order valence-electron chi connectivity index (χ0n) is 15.2. The highest BCUT2D eigenvalue weighted by atomic mass is 16.7. The van der Waals surface area contributed by atoms with E-state index in [-0.39, 0.29) is 5.92 Å². The second-order valence-electron chi connectivity index (χ2n) is 6.87. The van der Waals surface area contributed by atoms with Gasteiger partial charge in [-0.1, -0.05) is 24.6 Å². The average Bonchev–Trinajstić information content (AvgIpc) is 3.02. The zero-order valence-corrected chi connectivity index (χ0v) is 15.2. The first kappa shape index (κ1) is 18.6. The second-order valence-corrected chi connectivity index (χ2v) is 6.87. The normalized spacial score (nSPS) is 23.1. The van der Waals surface area contributed by atoms with Gasteiger partial charge in [0.25, 0.3) is 5.79 Å². The van der Waals surface area contributed by atoms with Gasteiger partial charge in [-0.2, -0.15) is 0 Å². The summed E-state index contributed by atoms with van der Waals surface area (Å²) in [5, 5.41) is 9.07. The van der Waals surface area contributed by atoms with Gasteiger partial charge in [0, 0.05) is 18.4 Å². The highest BCUT2D eigenvalue weighted by Gasteiger charge is 2.40. The molecule has 1 aliphatic heterocycles. The molecule has 0 aliphatic carbocycles. The van der Waals surface area contributed by atoms with Gasteiger partial charge in [0.15, 0.2) is 0 Å². The van der Waals surface area contributed by atoms with E-state index in [0.717, 1.165) is 42.7 Å². The molecule has 3 rings (SSSR count). The fraction of sp³-hybridized carbons (Fsp3) is 0.500. The van der Waals surface area contributed by atoms with Crippen LogP contribution < -0.4 is 0 Å². The lowest BCUT2D eigenvalue weighted by Crippen LogP contribution is -2.47. The maximum absolute atomic E-state index is 11.1. The Bertz CT molecular complexity index is 732. The molecule has 0 saturated carbocycles. The minimum Gasteiger partial charge on any atom is -0.477 e. The molecule has 0 atom stereocenters. The Balaban J connectivity index is 1.43. The Morgan fingerprint density at radius 3 is 2.58 bits per heavy atom. The van der Waals surface area contributed by atoms with Gasteiger partial charge in [-0.25, -0.2) is 9.78 Å². The first-order chi connectivity index (χ1) is 12.5. The molecule has 2 heterocycles. The Labute approximate surface area is 153 Å². The first-order valence-electron chi connectivity index (χ1n) is 9.01. The second kappa shape index (κ2) is 8.01. The lowest BCUT2D eigenvalue weighted by atomic mass is 10.0. The molecule has 1 aromatic heterocycles. The largest absolute Gasteiger partial charge is 0.477 e. The Kier molecular flexibility index (Phi) is 5.74. The quantitative estimate of drug-likeness (QED) is 0.757. The minimum atomic E-state index is -1.50. The van der Waals surface area contributed by atoms with Gasteiger partial charge < -0.3 is 19.0 Å². The summed E-state index contributed by atoms with van der Waals surface area (Å²) in [6.07, 6.45) is 3.81. The van der Waals surface area contributed by atoms with Crippen LogP contribution in [0.4, 0.5) is 0 Å². The molecule has 0 unspecified atom stereocenters. The van der Waals surface area contributed by atoms with Crippen LogP contribution in [0.1, 0.15) is 37.6 Å². The predicted octanol–water partition coefficient (Wildman–Crippen LogP) is 3.83. The maximum Gasteiger partial charge on any atom is 0.364 e. The number of oxazole rings is 1. The third-order valence-electron chi connectivity index (χ3n) is 4.77. The highest BCUT2D eigenvalue weighted by molar-refractivity contribution is 5.75. The highest BCUT2D eigenvalue weighted by Crippen LogP contribution is 2.26. The van der Waals surface area contributed by atoms with Crippen LogP contribution in [-0.2, 0) is 20.7 Å². The van der Waals surface area contributed by atoms with Gasteiger partial charge >= 0.3 is 5.97 Å². The standard InChI is InChI=1S/C20H25NO5/c1-14-17(21-18(26-14)16-9-4-3-5-10-16)11-7-6-8-15-12-24-20(2,19(22)23)25-13-15/h3-5,9-10,15H,6-8,11-13H2,1-2H3,(H,22,23)/t15-,20+. The van der Waals surface area contributed by atoms with Crippen molar-refractivity contribution in [3.63, 3.8) is 0 Å². The lowest BCUT2D eigenvalue weighted by Gasteiger charge is -2.34. The number of unbranched alkanes of at least 4 members (excludes halogenated alkanes) is 1. The lowest BCUT2D eigenvalue weighted by molar-refractivity contribution is -0.271. The minimum absolute atomic E-state index is 0.237. The number of rotatable bonds is 7. The van der Waals surface area contributed by atoms with Crippen molar-refractivity contribution in [1.29, 1.82) is 0 Å². The molecule has 6 heteroatoms. The number of aromatic nitrogens is 1. The molecule has 26 heavy (non-hydrogen) atoms. The van der Waals surface area contributed by atoms with Gasteiger partial charge in [-0.05, 0) is 38.3 Å². The van der Waals surface area contributed by atoms with Gasteiger partial charge in [-0.3, -0.25) is 0 Å². The van der Waals surface area contributed by atoms with Crippen LogP contribution in [0.3, 0.4) is 0 Å². The number of nitrogens with zero attached hydrogens (tertiary/aromatic N) is 1. The number of hydrogen-bond acceptors (Lipinski definition) is 5. The van der Waals surface area contributed by atoms with Crippen LogP contribution in [0.5, 0.6) is 0 Å². The van der Waals surface area contributed by atoms with E-state index in [4.69, 9.17) is 19.0 Å². The number of ether oxygens (including phenoxy) is 2. The van der Waals surface area contributed by atoms with Gasteiger partial charge in [0.2, 0.25) is 5.89 Å². The van der Waals surface area contributed by atoms with E-state index in [9.17, 15) is 4.79 Å². The molecular weight excluding hydrogens is 334 g/mol. The van der Waals surface area contributed by atoms with Crippen LogP contribution in [0.25, 0.3) is 11.5 Å². The Morgan fingerprint density at radius 2 is 1.92 bits per heavy atom. The van der Waals surface area contributed by atoms with E-state index in [1.54, 1.807) is 0 Å². The van der Waals surface area contributed by atoms with Crippen molar-refractivity contribution >= 4 is 5.97 Å². The van der Waals surface area contributed by atoms with Gasteiger partial charge in [0.1, 0.15) is 5.76 Å². The zero-order chi connectivity index (χ0) is 18.6. The van der Waals surface area contributed by atoms with Crippen LogP contribution in [0.2, 0.25) is 0 Å². The molecule has 0 spiro atoms. The summed E-state index contributed by atoms with van der Waals surface area (Å²) in [4.78, 5) is 15.7.